The zero-order valence-electron chi connectivity index (χ0n) is 23.1. The largest absolute Gasteiger partial charge is 0.497 e. The summed E-state index contributed by atoms with van der Waals surface area (Å²) in [6.45, 7) is 9.05. The predicted molar refractivity (Wildman–Crippen MR) is 156 cm³/mol. The first kappa shape index (κ1) is 30.4. The summed E-state index contributed by atoms with van der Waals surface area (Å²) in [5.41, 5.74) is 8.51. The number of aliphatic imine (C=N–C) groups is 1. The standard InChI is InChI=1S/C28H29N3O.C3H7F.CH3F/c1-21-28-12-9-24(25(18-29-2)6-4-5-22-13-15-30-16-14-22)17-26(28)20-31(21)19-23-7-10-27(32-3)11-8-23;1-3(2)4;1-2/h6-18H,1,4-5,19-20H2,2-3H3;3H,1-2H3;1H3/b25-6+,29-18?;;. The fraction of sp³-hybridized carbons (Fsp3) is 0.312. The molecular weight excluding hydrogens is 480 g/mol. The minimum Gasteiger partial charge on any atom is -0.497 e. The van der Waals surface area contributed by atoms with E-state index in [-0.39, 0.29) is 0 Å². The maximum Gasteiger partial charge on any atom is 0.118 e. The molecule has 38 heavy (non-hydrogen) atoms. The Kier molecular flexibility index (Phi) is 12.9. The Morgan fingerprint density at radius 3 is 2.34 bits per heavy atom. The smallest absolute Gasteiger partial charge is 0.118 e. The molecule has 0 unspecified atom stereocenters. The number of aryl methyl sites for hydroxylation is 1. The van der Waals surface area contributed by atoms with Gasteiger partial charge in [-0.3, -0.25) is 14.4 Å². The van der Waals surface area contributed by atoms with E-state index in [0.717, 1.165) is 43.0 Å². The van der Waals surface area contributed by atoms with E-state index in [2.05, 4.69) is 70.0 Å². The van der Waals surface area contributed by atoms with E-state index in [1.807, 2.05) is 37.8 Å². The van der Waals surface area contributed by atoms with Crippen LogP contribution in [0.25, 0.3) is 11.3 Å². The molecule has 0 radical (unpaired) electrons. The van der Waals surface area contributed by atoms with Gasteiger partial charge in [-0.15, -0.1) is 0 Å². The van der Waals surface area contributed by atoms with E-state index in [4.69, 9.17) is 4.74 Å². The van der Waals surface area contributed by atoms with Crippen molar-refractivity contribution >= 4 is 17.5 Å². The number of alkyl halides is 2. The summed E-state index contributed by atoms with van der Waals surface area (Å²) in [4.78, 5) is 10.7. The molecule has 4 nitrogen and oxygen atoms in total. The van der Waals surface area contributed by atoms with Gasteiger partial charge in [-0.1, -0.05) is 36.9 Å². The molecule has 0 saturated carbocycles. The number of hydrogen-bond acceptors (Lipinski definition) is 4. The number of methoxy groups -OCH3 is 1. The predicted octanol–water partition coefficient (Wildman–Crippen LogP) is 7.74. The molecule has 0 bridgehead atoms. The normalized spacial score (nSPS) is 12.6. The van der Waals surface area contributed by atoms with E-state index in [1.54, 1.807) is 7.11 Å². The third-order valence-corrected chi connectivity index (χ3v) is 5.84. The van der Waals surface area contributed by atoms with E-state index in [0.29, 0.717) is 7.18 Å². The Morgan fingerprint density at radius 1 is 1.08 bits per heavy atom. The molecule has 6 heteroatoms. The van der Waals surface area contributed by atoms with E-state index >= 15 is 0 Å². The van der Waals surface area contributed by atoms with Crippen LogP contribution in [0.15, 0.2) is 84.6 Å². The number of halogens is 2. The van der Waals surface area contributed by atoms with Crippen molar-refractivity contribution in [3.05, 3.63) is 107 Å². The molecule has 1 aliphatic rings. The van der Waals surface area contributed by atoms with Crippen LogP contribution in [0.4, 0.5) is 8.78 Å². The van der Waals surface area contributed by atoms with Gasteiger partial charge in [-0.2, -0.15) is 0 Å². The first-order valence-electron chi connectivity index (χ1n) is 12.6. The van der Waals surface area contributed by atoms with Crippen LogP contribution in [-0.2, 0) is 19.5 Å². The summed E-state index contributed by atoms with van der Waals surface area (Å²) in [6.07, 6.45) is 9.19. The number of aromatic nitrogens is 1. The molecule has 202 valence electrons. The summed E-state index contributed by atoms with van der Waals surface area (Å²) in [7, 11) is 4.01. The van der Waals surface area contributed by atoms with Gasteiger partial charge in [0.2, 0.25) is 0 Å². The second-order valence-corrected chi connectivity index (χ2v) is 8.98. The Labute approximate surface area is 226 Å². The fourth-order valence-corrected chi connectivity index (χ4v) is 4.09. The Hall–Kier alpha value is -3.80. The molecule has 2 aromatic carbocycles. The summed E-state index contributed by atoms with van der Waals surface area (Å²) in [6, 6.07) is 19.0. The molecule has 0 saturated heterocycles. The average molecular weight is 520 g/mol. The third-order valence-electron chi connectivity index (χ3n) is 5.84. The average Bonchev–Trinajstić information content (AvgIpc) is 3.24. The molecule has 0 amide bonds. The lowest BCUT2D eigenvalue weighted by molar-refractivity contribution is 0.391. The lowest BCUT2D eigenvalue weighted by Crippen LogP contribution is -2.14. The molecule has 2 heterocycles. The highest BCUT2D eigenvalue weighted by molar-refractivity contribution is 6.09. The van der Waals surface area contributed by atoms with Crippen molar-refractivity contribution in [1.29, 1.82) is 0 Å². The summed E-state index contributed by atoms with van der Waals surface area (Å²) >= 11 is 0. The van der Waals surface area contributed by atoms with Gasteiger partial charge >= 0.3 is 0 Å². The summed E-state index contributed by atoms with van der Waals surface area (Å²) in [5.74, 6) is 0.878. The van der Waals surface area contributed by atoms with E-state index < -0.39 is 6.17 Å². The molecule has 1 aliphatic heterocycles. The minimum atomic E-state index is -0.667. The van der Waals surface area contributed by atoms with Gasteiger partial charge in [0.25, 0.3) is 0 Å². The lowest BCUT2D eigenvalue weighted by Gasteiger charge is -2.19. The van der Waals surface area contributed by atoms with Gasteiger partial charge < -0.3 is 9.64 Å². The molecule has 0 spiro atoms. The van der Waals surface area contributed by atoms with Crippen molar-refractivity contribution in [1.82, 2.24) is 9.88 Å². The van der Waals surface area contributed by atoms with Crippen LogP contribution in [0.2, 0.25) is 0 Å². The Morgan fingerprint density at radius 2 is 1.74 bits per heavy atom. The van der Waals surface area contributed by atoms with Crippen LogP contribution in [0, 0.1) is 0 Å². The highest BCUT2D eigenvalue weighted by atomic mass is 19.1. The van der Waals surface area contributed by atoms with Crippen molar-refractivity contribution in [3.8, 4) is 5.75 Å². The monoisotopic (exact) mass is 519 g/mol. The molecule has 3 aromatic rings. The number of allylic oxidation sites excluding steroid dienone is 2. The third kappa shape index (κ3) is 9.25. The highest BCUT2D eigenvalue weighted by Crippen LogP contribution is 2.34. The van der Waals surface area contributed by atoms with Gasteiger partial charge in [0.1, 0.15) is 5.75 Å². The quantitative estimate of drug-likeness (QED) is 0.286. The van der Waals surface area contributed by atoms with Gasteiger partial charge in [0.05, 0.1) is 20.5 Å². The Balaban J connectivity index is 0.000000773. The van der Waals surface area contributed by atoms with Crippen molar-refractivity contribution in [2.24, 2.45) is 4.99 Å². The number of rotatable bonds is 8. The number of hydrogen-bond donors (Lipinski definition) is 0. The van der Waals surface area contributed by atoms with Crippen LogP contribution >= 0.6 is 0 Å². The van der Waals surface area contributed by atoms with E-state index in [1.165, 1.54) is 41.7 Å². The zero-order valence-corrected chi connectivity index (χ0v) is 23.1. The summed E-state index contributed by atoms with van der Waals surface area (Å²) < 4.78 is 25.8. The molecule has 0 aliphatic carbocycles. The van der Waals surface area contributed by atoms with Crippen molar-refractivity contribution < 1.29 is 13.5 Å². The van der Waals surface area contributed by atoms with Crippen LogP contribution in [-0.4, -0.2) is 43.6 Å². The van der Waals surface area contributed by atoms with Crippen LogP contribution in [0.5, 0.6) is 5.75 Å². The number of nitrogens with zero attached hydrogens (tertiary/aromatic N) is 3. The highest BCUT2D eigenvalue weighted by Gasteiger charge is 2.23. The molecule has 0 fully saturated rings. The maximum absolute atomic E-state index is 11.0. The Bertz CT molecular complexity index is 1190. The fourth-order valence-electron chi connectivity index (χ4n) is 4.09. The number of ether oxygens (including phenoxy) is 1. The summed E-state index contributed by atoms with van der Waals surface area (Å²) in [5, 5.41) is 0. The molecule has 0 atom stereocenters. The van der Waals surface area contributed by atoms with Crippen molar-refractivity contribution in [3.63, 3.8) is 0 Å². The second-order valence-electron chi connectivity index (χ2n) is 8.98. The van der Waals surface area contributed by atoms with Crippen molar-refractivity contribution in [2.75, 3.05) is 21.3 Å². The minimum absolute atomic E-state index is 0.500. The maximum atomic E-state index is 11.0. The number of fused-ring (bicyclic) bond motifs is 1. The van der Waals surface area contributed by atoms with E-state index in [9.17, 15) is 8.78 Å². The first-order chi connectivity index (χ1) is 18.4. The van der Waals surface area contributed by atoms with Gasteiger partial charge in [-0.05, 0) is 84.8 Å². The molecule has 1 aromatic heterocycles. The SMILES string of the molecule is C=C1c2ccc(/C(C=NC)=C/CCc3ccncc3)cc2CN1Cc1ccc(OC)cc1.CC(C)F.CF. The molecular formula is C32H39F2N3O. The topological polar surface area (TPSA) is 37.7 Å². The van der Waals surface area contributed by atoms with Crippen molar-refractivity contribution in [2.45, 2.75) is 46.0 Å². The zero-order chi connectivity index (χ0) is 27.9. The van der Waals surface area contributed by atoms with Gasteiger partial charge in [0, 0.05) is 50.0 Å². The van der Waals surface area contributed by atoms with Crippen LogP contribution in [0.1, 0.15) is 48.1 Å². The van der Waals surface area contributed by atoms with Crippen LogP contribution < -0.4 is 4.74 Å². The molecule has 4 rings (SSSR count). The second kappa shape index (κ2) is 16.1. The number of pyridine rings is 1. The molecule has 0 N–H and O–H groups in total. The van der Waals surface area contributed by atoms with Gasteiger partial charge in [-0.25, -0.2) is 4.39 Å². The van der Waals surface area contributed by atoms with Gasteiger partial charge in [0.15, 0.2) is 0 Å². The first-order valence-corrected chi connectivity index (χ1v) is 12.6. The lowest BCUT2D eigenvalue weighted by atomic mass is 9.99. The number of benzene rings is 2. The van der Waals surface area contributed by atoms with Crippen LogP contribution in [0.3, 0.4) is 0 Å².